The molecule has 16 heavy (non-hydrogen) atoms. The lowest BCUT2D eigenvalue weighted by atomic mass is 10.2. The summed E-state index contributed by atoms with van der Waals surface area (Å²) in [6.45, 7) is 0. The van der Waals surface area contributed by atoms with E-state index in [1.54, 1.807) is 13.3 Å². The standard InChI is InChI=1S/C12H13N3O/c1-13-11-7-3-5-9(15-11)12-10(16-2)6-4-8-14-12/h3-8H,1-2H3,(H,13,15). The summed E-state index contributed by atoms with van der Waals surface area (Å²) in [5.41, 5.74) is 1.55. The quantitative estimate of drug-likeness (QED) is 0.852. The summed E-state index contributed by atoms with van der Waals surface area (Å²) >= 11 is 0. The zero-order valence-electron chi connectivity index (χ0n) is 9.27. The molecule has 2 heterocycles. The Balaban J connectivity index is 2.49. The number of rotatable bonds is 3. The normalized spacial score (nSPS) is 9.88. The first-order valence-corrected chi connectivity index (χ1v) is 4.99. The van der Waals surface area contributed by atoms with Crippen LogP contribution in [0.25, 0.3) is 11.4 Å². The van der Waals surface area contributed by atoms with Crippen molar-refractivity contribution in [3.63, 3.8) is 0 Å². The minimum Gasteiger partial charge on any atom is -0.494 e. The van der Waals surface area contributed by atoms with Gasteiger partial charge < -0.3 is 10.1 Å². The molecule has 2 rings (SSSR count). The average Bonchev–Trinajstić information content (AvgIpc) is 2.38. The number of methoxy groups -OCH3 is 1. The van der Waals surface area contributed by atoms with E-state index in [1.165, 1.54) is 0 Å². The van der Waals surface area contributed by atoms with E-state index in [1.807, 2.05) is 37.4 Å². The molecule has 0 spiro atoms. The molecule has 0 aliphatic heterocycles. The Kier molecular flexibility index (Phi) is 3.00. The van der Waals surface area contributed by atoms with Crippen LogP contribution in [0, 0.1) is 0 Å². The van der Waals surface area contributed by atoms with Crippen molar-refractivity contribution in [3.8, 4) is 17.1 Å². The third kappa shape index (κ3) is 1.95. The van der Waals surface area contributed by atoms with Crippen LogP contribution in [0.2, 0.25) is 0 Å². The fourth-order valence-corrected chi connectivity index (χ4v) is 1.45. The van der Waals surface area contributed by atoms with Gasteiger partial charge in [-0.3, -0.25) is 4.98 Å². The third-order valence-electron chi connectivity index (χ3n) is 2.24. The molecule has 2 aromatic heterocycles. The Morgan fingerprint density at radius 3 is 2.81 bits per heavy atom. The van der Waals surface area contributed by atoms with E-state index in [0.717, 1.165) is 23.0 Å². The van der Waals surface area contributed by atoms with Gasteiger partial charge in [-0.1, -0.05) is 6.07 Å². The van der Waals surface area contributed by atoms with Crippen LogP contribution in [0.5, 0.6) is 5.75 Å². The highest BCUT2D eigenvalue weighted by Gasteiger charge is 2.07. The minimum absolute atomic E-state index is 0.725. The van der Waals surface area contributed by atoms with Crippen LogP contribution in [-0.2, 0) is 0 Å². The molecular weight excluding hydrogens is 202 g/mol. The predicted molar refractivity (Wildman–Crippen MR) is 63.6 cm³/mol. The van der Waals surface area contributed by atoms with E-state index in [4.69, 9.17) is 4.74 Å². The first-order valence-electron chi connectivity index (χ1n) is 4.99. The van der Waals surface area contributed by atoms with Crippen LogP contribution in [0.15, 0.2) is 36.5 Å². The molecule has 0 atom stereocenters. The number of pyridine rings is 2. The molecule has 2 aromatic rings. The van der Waals surface area contributed by atoms with Crippen molar-refractivity contribution < 1.29 is 4.74 Å². The van der Waals surface area contributed by atoms with E-state index in [2.05, 4.69) is 15.3 Å². The molecule has 0 saturated carbocycles. The fourth-order valence-electron chi connectivity index (χ4n) is 1.45. The zero-order valence-corrected chi connectivity index (χ0v) is 9.27. The van der Waals surface area contributed by atoms with Crippen molar-refractivity contribution in [2.75, 3.05) is 19.5 Å². The SMILES string of the molecule is CNc1cccc(-c2ncccc2OC)n1. The number of anilines is 1. The summed E-state index contributed by atoms with van der Waals surface area (Å²) in [4.78, 5) is 8.70. The van der Waals surface area contributed by atoms with E-state index in [0.29, 0.717) is 0 Å². The van der Waals surface area contributed by atoms with Crippen molar-refractivity contribution in [2.24, 2.45) is 0 Å². The molecule has 0 bridgehead atoms. The van der Waals surface area contributed by atoms with Gasteiger partial charge in [0.15, 0.2) is 0 Å². The lowest BCUT2D eigenvalue weighted by molar-refractivity contribution is 0.414. The predicted octanol–water partition coefficient (Wildman–Crippen LogP) is 2.19. The maximum absolute atomic E-state index is 5.25. The molecule has 0 unspecified atom stereocenters. The maximum Gasteiger partial charge on any atom is 0.146 e. The highest BCUT2D eigenvalue weighted by atomic mass is 16.5. The molecule has 0 aliphatic carbocycles. The van der Waals surface area contributed by atoms with Gasteiger partial charge in [-0.25, -0.2) is 4.98 Å². The highest BCUT2D eigenvalue weighted by molar-refractivity contribution is 5.63. The van der Waals surface area contributed by atoms with Gasteiger partial charge >= 0.3 is 0 Å². The summed E-state index contributed by atoms with van der Waals surface area (Å²) in [5, 5.41) is 2.99. The van der Waals surface area contributed by atoms with Crippen molar-refractivity contribution in [3.05, 3.63) is 36.5 Å². The number of ether oxygens (including phenoxy) is 1. The van der Waals surface area contributed by atoms with Gasteiger partial charge in [-0.2, -0.15) is 0 Å². The molecule has 0 aromatic carbocycles. The topological polar surface area (TPSA) is 47.0 Å². The number of nitrogens with one attached hydrogen (secondary N) is 1. The Labute approximate surface area is 94.3 Å². The van der Waals surface area contributed by atoms with E-state index >= 15 is 0 Å². The van der Waals surface area contributed by atoms with E-state index in [9.17, 15) is 0 Å². The second kappa shape index (κ2) is 4.61. The third-order valence-corrected chi connectivity index (χ3v) is 2.24. The molecule has 1 N–H and O–H groups in total. The van der Waals surface area contributed by atoms with Gasteiger partial charge in [0.25, 0.3) is 0 Å². The number of hydrogen-bond donors (Lipinski definition) is 1. The molecule has 0 amide bonds. The van der Waals surface area contributed by atoms with Crippen LogP contribution in [-0.4, -0.2) is 24.1 Å². The molecule has 0 fully saturated rings. The van der Waals surface area contributed by atoms with Gasteiger partial charge in [0.1, 0.15) is 17.3 Å². The first kappa shape index (κ1) is 10.4. The average molecular weight is 215 g/mol. The van der Waals surface area contributed by atoms with Gasteiger partial charge in [0.2, 0.25) is 0 Å². The Bertz CT molecular complexity index is 485. The molecule has 0 radical (unpaired) electrons. The first-order chi connectivity index (χ1) is 7.85. The molecule has 0 saturated heterocycles. The monoisotopic (exact) mass is 215 g/mol. The van der Waals surface area contributed by atoms with Crippen molar-refractivity contribution >= 4 is 5.82 Å². The molecule has 0 aliphatic rings. The van der Waals surface area contributed by atoms with Crippen molar-refractivity contribution in [2.45, 2.75) is 0 Å². The van der Waals surface area contributed by atoms with Crippen LogP contribution >= 0.6 is 0 Å². The second-order valence-electron chi connectivity index (χ2n) is 3.21. The largest absolute Gasteiger partial charge is 0.494 e. The number of hydrogen-bond acceptors (Lipinski definition) is 4. The summed E-state index contributed by atoms with van der Waals surface area (Å²) in [6.07, 6.45) is 1.73. The number of nitrogens with zero attached hydrogens (tertiary/aromatic N) is 2. The zero-order chi connectivity index (χ0) is 11.4. The summed E-state index contributed by atoms with van der Waals surface area (Å²) < 4.78 is 5.25. The Hall–Kier alpha value is -2.10. The molecule has 4 heteroatoms. The van der Waals surface area contributed by atoms with Crippen LogP contribution < -0.4 is 10.1 Å². The number of aromatic nitrogens is 2. The Morgan fingerprint density at radius 1 is 1.19 bits per heavy atom. The molecule has 82 valence electrons. The Morgan fingerprint density at radius 2 is 2.06 bits per heavy atom. The summed E-state index contributed by atoms with van der Waals surface area (Å²) in [7, 11) is 3.46. The van der Waals surface area contributed by atoms with Crippen LogP contribution in [0.4, 0.5) is 5.82 Å². The lowest BCUT2D eigenvalue weighted by Gasteiger charge is -2.07. The molecule has 4 nitrogen and oxygen atoms in total. The van der Waals surface area contributed by atoms with E-state index < -0.39 is 0 Å². The van der Waals surface area contributed by atoms with Crippen molar-refractivity contribution in [1.82, 2.24) is 9.97 Å². The van der Waals surface area contributed by atoms with Crippen molar-refractivity contribution in [1.29, 1.82) is 0 Å². The second-order valence-corrected chi connectivity index (χ2v) is 3.21. The van der Waals surface area contributed by atoms with Gasteiger partial charge in [-0.15, -0.1) is 0 Å². The minimum atomic E-state index is 0.725. The highest BCUT2D eigenvalue weighted by Crippen LogP contribution is 2.25. The van der Waals surface area contributed by atoms with Gasteiger partial charge in [-0.05, 0) is 24.3 Å². The molecular formula is C12H13N3O. The lowest BCUT2D eigenvalue weighted by Crippen LogP contribution is -1.96. The maximum atomic E-state index is 5.25. The van der Waals surface area contributed by atoms with Gasteiger partial charge in [0.05, 0.1) is 12.8 Å². The fraction of sp³-hybridized carbons (Fsp3) is 0.167. The summed E-state index contributed by atoms with van der Waals surface area (Å²) in [5.74, 6) is 1.54. The van der Waals surface area contributed by atoms with Gasteiger partial charge in [0, 0.05) is 13.2 Å². The van der Waals surface area contributed by atoms with Crippen LogP contribution in [0.3, 0.4) is 0 Å². The summed E-state index contributed by atoms with van der Waals surface area (Å²) in [6, 6.07) is 9.45. The van der Waals surface area contributed by atoms with Crippen LogP contribution in [0.1, 0.15) is 0 Å². The van der Waals surface area contributed by atoms with E-state index in [-0.39, 0.29) is 0 Å². The smallest absolute Gasteiger partial charge is 0.146 e.